The SMILES string of the molecule is CCOC(=O)CCC(C)NC(c1csc(N(C)C(C)=O)n1)c1nnnn1CCCOC. The summed E-state index contributed by atoms with van der Waals surface area (Å²) in [4.78, 5) is 29.6. The van der Waals surface area contributed by atoms with Gasteiger partial charge in [0.15, 0.2) is 11.0 Å². The Morgan fingerprint density at radius 1 is 1.39 bits per heavy atom. The van der Waals surface area contributed by atoms with Gasteiger partial charge in [-0.1, -0.05) is 0 Å². The van der Waals surface area contributed by atoms with Gasteiger partial charge in [-0.05, 0) is 37.1 Å². The molecule has 0 bridgehead atoms. The van der Waals surface area contributed by atoms with Crippen molar-refractivity contribution in [1.82, 2.24) is 30.5 Å². The summed E-state index contributed by atoms with van der Waals surface area (Å²) in [6.07, 6.45) is 1.66. The molecule has 1 N–H and O–H groups in total. The molecule has 0 aliphatic rings. The largest absolute Gasteiger partial charge is 0.466 e. The molecule has 11 nitrogen and oxygen atoms in total. The van der Waals surface area contributed by atoms with Gasteiger partial charge >= 0.3 is 5.97 Å². The molecule has 2 rings (SSSR count). The van der Waals surface area contributed by atoms with E-state index in [-0.39, 0.29) is 17.9 Å². The number of carbonyl (C=O) groups excluding carboxylic acids is 2. The number of aromatic nitrogens is 5. The topological polar surface area (TPSA) is 124 Å². The molecule has 0 aliphatic heterocycles. The first-order chi connectivity index (χ1) is 14.9. The lowest BCUT2D eigenvalue weighted by Crippen LogP contribution is -2.34. The molecule has 2 aromatic rings. The zero-order valence-electron chi connectivity index (χ0n) is 18.7. The van der Waals surface area contributed by atoms with Crippen LogP contribution < -0.4 is 10.2 Å². The Hall–Kier alpha value is -2.44. The van der Waals surface area contributed by atoms with Gasteiger partial charge in [0.2, 0.25) is 5.91 Å². The van der Waals surface area contributed by atoms with Gasteiger partial charge in [0.05, 0.1) is 12.3 Å². The average molecular weight is 454 g/mol. The summed E-state index contributed by atoms with van der Waals surface area (Å²) in [6, 6.07) is -0.436. The molecule has 0 saturated heterocycles. The number of nitrogens with zero attached hydrogens (tertiary/aromatic N) is 6. The summed E-state index contributed by atoms with van der Waals surface area (Å²) in [5.74, 6) is 0.287. The number of methoxy groups -OCH3 is 1. The van der Waals surface area contributed by atoms with E-state index >= 15 is 0 Å². The van der Waals surface area contributed by atoms with E-state index in [2.05, 4.69) is 25.8 Å². The number of tetrazole rings is 1. The number of anilines is 1. The van der Waals surface area contributed by atoms with Crippen LogP contribution in [0.1, 0.15) is 57.6 Å². The van der Waals surface area contributed by atoms with Crippen LogP contribution >= 0.6 is 11.3 Å². The summed E-state index contributed by atoms with van der Waals surface area (Å²) in [6.45, 7) is 6.82. The molecule has 2 atom stereocenters. The van der Waals surface area contributed by atoms with Crippen molar-refractivity contribution in [3.63, 3.8) is 0 Å². The lowest BCUT2D eigenvalue weighted by atomic mass is 10.1. The van der Waals surface area contributed by atoms with Gasteiger partial charge in [-0.3, -0.25) is 19.8 Å². The molecule has 2 unspecified atom stereocenters. The Bertz CT molecular complexity index is 841. The van der Waals surface area contributed by atoms with E-state index in [1.807, 2.05) is 12.3 Å². The minimum absolute atomic E-state index is 0.0331. The molecule has 2 heterocycles. The van der Waals surface area contributed by atoms with Crippen LogP contribution in [0.2, 0.25) is 0 Å². The molecular formula is C19H31N7O4S. The van der Waals surface area contributed by atoms with Gasteiger partial charge in [-0.15, -0.1) is 16.4 Å². The van der Waals surface area contributed by atoms with Crippen molar-refractivity contribution in [2.24, 2.45) is 0 Å². The van der Waals surface area contributed by atoms with E-state index in [4.69, 9.17) is 9.47 Å². The van der Waals surface area contributed by atoms with Gasteiger partial charge in [0.1, 0.15) is 6.04 Å². The first kappa shape index (κ1) is 24.8. The molecule has 0 radical (unpaired) electrons. The third-order valence-corrected chi connectivity index (χ3v) is 5.57. The summed E-state index contributed by atoms with van der Waals surface area (Å²) in [5, 5.41) is 18.1. The van der Waals surface area contributed by atoms with Crippen molar-refractivity contribution in [2.45, 2.75) is 58.7 Å². The van der Waals surface area contributed by atoms with Crippen molar-refractivity contribution >= 4 is 28.3 Å². The standard InChI is InChI=1S/C19H31N7O4S/c1-6-30-16(28)9-8-13(2)20-17(15-12-31-19(21-15)25(4)14(3)27)18-22-23-24-26(18)10-7-11-29-5/h12-13,17,20H,6-11H2,1-5H3. The molecule has 0 fully saturated rings. The highest BCUT2D eigenvalue weighted by atomic mass is 32.1. The fourth-order valence-electron chi connectivity index (χ4n) is 2.86. The summed E-state index contributed by atoms with van der Waals surface area (Å²) < 4.78 is 11.9. The second-order valence-electron chi connectivity index (χ2n) is 7.08. The van der Waals surface area contributed by atoms with E-state index < -0.39 is 6.04 Å². The van der Waals surface area contributed by atoms with Gasteiger partial charge in [0.25, 0.3) is 0 Å². The van der Waals surface area contributed by atoms with E-state index in [0.717, 1.165) is 6.42 Å². The van der Waals surface area contributed by atoms with Crippen LogP contribution in [0.25, 0.3) is 0 Å². The number of thiazole rings is 1. The van der Waals surface area contributed by atoms with Crippen LogP contribution in [0.3, 0.4) is 0 Å². The van der Waals surface area contributed by atoms with Crippen LogP contribution in [0, 0.1) is 0 Å². The maximum Gasteiger partial charge on any atom is 0.305 e. The second kappa shape index (κ2) is 12.4. The zero-order chi connectivity index (χ0) is 22.8. The number of aryl methyl sites for hydroxylation is 1. The van der Waals surface area contributed by atoms with E-state index in [0.29, 0.717) is 49.3 Å². The predicted molar refractivity (Wildman–Crippen MR) is 116 cm³/mol. The van der Waals surface area contributed by atoms with Gasteiger partial charge in [-0.25, -0.2) is 9.67 Å². The number of esters is 1. The van der Waals surface area contributed by atoms with E-state index in [1.54, 1.807) is 25.8 Å². The third-order valence-electron chi connectivity index (χ3n) is 4.64. The second-order valence-corrected chi connectivity index (χ2v) is 7.92. The van der Waals surface area contributed by atoms with Gasteiger partial charge in [-0.2, -0.15) is 0 Å². The van der Waals surface area contributed by atoms with Crippen molar-refractivity contribution in [3.8, 4) is 0 Å². The Labute approximate surface area is 186 Å². The van der Waals surface area contributed by atoms with Crippen LogP contribution in [-0.4, -0.2) is 70.5 Å². The fraction of sp³-hybridized carbons (Fsp3) is 0.684. The van der Waals surface area contributed by atoms with E-state index in [1.165, 1.54) is 23.2 Å². The fourth-order valence-corrected chi connectivity index (χ4v) is 3.72. The summed E-state index contributed by atoms with van der Waals surface area (Å²) in [7, 11) is 3.34. The van der Waals surface area contributed by atoms with Crippen molar-refractivity contribution in [2.75, 3.05) is 32.3 Å². The minimum atomic E-state index is -0.403. The number of amides is 1. The number of nitrogens with one attached hydrogen (secondary N) is 1. The molecular weight excluding hydrogens is 422 g/mol. The van der Waals surface area contributed by atoms with E-state index in [9.17, 15) is 9.59 Å². The lowest BCUT2D eigenvalue weighted by molar-refractivity contribution is -0.143. The lowest BCUT2D eigenvalue weighted by Gasteiger charge is -2.21. The maximum absolute atomic E-state index is 11.7. The third kappa shape index (κ3) is 7.33. The highest BCUT2D eigenvalue weighted by Crippen LogP contribution is 2.27. The number of hydrogen-bond donors (Lipinski definition) is 1. The Morgan fingerprint density at radius 2 is 2.16 bits per heavy atom. The van der Waals surface area contributed by atoms with Crippen LogP contribution in [0.5, 0.6) is 0 Å². The zero-order valence-corrected chi connectivity index (χ0v) is 19.5. The number of carbonyl (C=O) groups is 2. The predicted octanol–water partition coefficient (Wildman–Crippen LogP) is 1.56. The first-order valence-corrected chi connectivity index (χ1v) is 11.1. The van der Waals surface area contributed by atoms with Crippen molar-refractivity contribution in [1.29, 1.82) is 0 Å². The monoisotopic (exact) mass is 453 g/mol. The number of rotatable bonds is 13. The Morgan fingerprint density at radius 3 is 2.84 bits per heavy atom. The molecule has 2 aromatic heterocycles. The maximum atomic E-state index is 11.7. The molecule has 0 saturated carbocycles. The molecule has 0 aromatic carbocycles. The normalized spacial score (nSPS) is 13.1. The van der Waals surface area contributed by atoms with Crippen LogP contribution in [-0.2, 0) is 25.6 Å². The number of ether oxygens (including phenoxy) is 2. The quantitative estimate of drug-likeness (QED) is 0.355. The highest BCUT2D eigenvalue weighted by Gasteiger charge is 2.26. The molecule has 31 heavy (non-hydrogen) atoms. The van der Waals surface area contributed by atoms with Crippen LogP contribution in [0.15, 0.2) is 5.38 Å². The van der Waals surface area contributed by atoms with Crippen molar-refractivity contribution < 1.29 is 19.1 Å². The molecule has 0 spiro atoms. The summed E-state index contributed by atoms with van der Waals surface area (Å²) >= 11 is 1.37. The summed E-state index contributed by atoms with van der Waals surface area (Å²) in [5.41, 5.74) is 0.707. The Kier molecular flexibility index (Phi) is 9.95. The molecule has 172 valence electrons. The van der Waals surface area contributed by atoms with Crippen molar-refractivity contribution in [3.05, 3.63) is 16.9 Å². The highest BCUT2D eigenvalue weighted by molar-refractivity contribution is 7.14. The minimum Gasteiger partial charge on any atom is -0.466 e. The van der Waals surface area contributed by atoms with Crippen LogP contribution in [0.4, 0.5) is 5.13 Å². The molecule has 1 amide bonds. The smallest absolute Gasteiger partial charge is 0.305 e. The molecule has 12 heteroatoms. The van der Waals surface area contributed by atoms with Gasteiger partial charge in [0, 0.05) is 52.1 Å². The number of hydrogen-bond acceptors (Lipinski definition) is 10. The van der Waals surface area contributed by atoms with Gasteiger partial charge < -0.3 is 9.47 Å². The first-order valence-electron chi connectivity index (χ1n) is 10.2. The molecule has 0 aliphatic carbocycles. The Balaban J connectivity index is 2.23. The average Bonchev–Trinajstić information content (AvgIpc) is 3.40.